The van der Waals surface area contributed by atoms with Gasteiger partial charge in [-0.3, -0.25) is 9.38 Å². The van der Waals surface area contributed by atoms with E-state index in [0.717, 1.165) is 45.2 Å². The lowest BCUT2D eigenvalue weighted by atomic mass is 9.98. The molecule has 5 aromatic heterocycles. The van der Waals surface area contributed by atoms with Gasteiger partial charge in [-0.25, -0.2) is 9.97 Å². The highest BCUT2D eigenvalue weighted by molar-refractivity contribution is 6.30. The number of hydrogen-bond donors (Lipinski definition) is 0. The van der Waals surface area contributed by atoms with E-state index in [1.807, 2.05) is 24.7 Å². The predicted molar refractivity (Wildman–Crippen MR) is 166 cm³/mol. The molecule has 0 fully saturated rings. The lowest BCUT2D eigenvalue weighted by Crippen LogP contribution is -1.95. The molecule has 0 N–H and O–H groups in total. The number of pyridine rings is 3. The van der Waals surface area contributed by atoms with Gasteiger partial charge in [0, 0.05) is 45.0 Å². The molecule has 41 heavy (non-hydrogen) atoms. The van der Waals surface area contributed by atoms with Crippen LogP contribution in [0.15, 0.2) is 116 Å². The number of hydrogen-bond acceptors (Lipinski definition) is 3. The summed E-state index contributed by atoms with van der Waals surface area (Å²) in [6.07, 6.45) is 6.62. The molecular weight excluding hydrogens is 502 g/mol. The van der Waals surface area contributed by atoms with Crippen LogP contribution in [-0.4, -0.2) is 23.9 Å². The van der Waals surface area contributed by atoms with Crippen molar-refractivity contribution in [3.8, 4) is 16.8 Å². The molecule has 0 radical (unpaired) electrons. The minimum atomic E-state index is 0.743. The van der Waals surface area contributed by atoms with E-state index < -0.39 is 0 Å². The Balaban J connectivity index is 1.47. The van der Waals surface area contributed by atoms with Gasteiger partial charge in [-0.05, 0) is 83.3 Å². The fourth-order valence-electron chi connectivity index (χ4n) is 7.17. The van der Waals surface area contributed by atoms with Crippen LogP contribution in [0.3, 0.4) is 0 Å². The summed E-state index contributed by atoms with van der Waals surface area (Å²) >= 11 is 0. The van der Waals surface area contributed by atoms with Gasteiger partial charge in [0.25, 0.3) is 0 Å². The first-order valence-electron chi connectivity index (χ1n) is 13.9. The average molecular weight is 524 g/mol. The van der Waals surface area contributed by atoms with Gasteiger partial charge in [-0.1, -0.05) is 42.5 Å². The Morgan fingerprint density at radius 3 is 2.44 bits per heavy atom. The molecule has 0 aliphatic heterocycles. The lowest BCUT2D eigenvalue weighted by Gasteiger charge is -2.11. The van der Waals surface area contributed by atoms with Crippen LogP contribution in [0.25, 0.3) is 77.1 Å². The molecule has 1 aliphatic rings. The van der Waals surface area contributed by atoms with E-state index in [4.69, 9.17) is 4.98 Å². The Morgan fingerprint density at radius 2 is 1.49 bits per heavy atom. The Bertz CT molecular complexity index is 2550. The van der Waals surface area contributed by atoms with Crippen LogP contribution in [0.1, 0.15) is 11.1 Å². The highest BCUT2D eigenvalue weighted by Gasteiger charge is 2.24. The molecule has 4 aromatic carbocycles. The van der Waals surface area contributed by atoms with Crippen LogP contribution >= 0.6 is 0 Å². The van der Waals surface area contributed by atoms with Crippen molar-refractivity contribution in [3.05, 3.63) is 127 Å². The van der Waals surface area contributed by atoms with Crippen LogP contribution in [0.4, 0.5) is 0 Å². The summed E-state index contributed by atoms with van der Waals surface area (Å²) in [7, 11) is 0. The van der Waals surface area contributed by atoms with Gasteiger partial charge in [0.05, 0.1) is 28.3 Å². The van der Waals surface area contributed by atoms with Crippen LogP contribution < -0.4 is 0 Å². The first-order valence-corrected chi connectivity index (χ1v) is 13.9. The summed E-state index contributed by atoms with van der Waals surface area (Å²) in [5.74, 6) is 0. The molecule has 0 saturated heterocycles. The molecule has 5 heteroatoms. The van der Waals surface area contributed by atoms with Crippen molar-refractivity contribution in [2.45, 2.75) is 6.42 Å². The van der Waals surface area contributed by atoms with Crippen molar-refractivity contribution < 1.29 is 0 Å². The molecule has 0 saturated carbocycles. The van der Waals surface area contributed by atoms with Crippen molar-refractivity contribution in [2.75, 3.05) is 0 Å². The third-order valence-corrected chi connectivity index (χ3v) is 8.84. The van der Waals surface area contributed by atoms with Gasteiger partial charge in [0.1, 0.15) is 5.65 Å². The van der Waals surface area contributed by atoms with Crippen molar-refractivity contribution in [1.29, 1.82) is 0 Å². The van der Waals surface area contributed by atoms with Gasteiger partial charge in [-0.2, -0.15) is 0 Å². The van der Waals surface area contributed by atoms with Crippen molar-refractivity contribution in [3.63, 3.8) is 0 Å². The molecule has 5 nitrogen and oxygen atoms in total. The molecule has 9 aromatic rings. The summed E-state index contributed by atoms with van der Waals surface area (Å²) in [6.45, 7) is 0. The zero-order valence-corrected chi connectivity index (χ0v) is 21.9. The van der Waals surface area contributed by atoms with Crippen LogP contribution in [-0.2, 0) is 6.42 Å². The Kier molecular flexibility index (Phi) is 3.92. The number of fused-ring (bicyclic) bond motifs is 15. The molecule has 190 valence electrons. The number of imidazole rings is 1. The highest BCUT2D eigenvalue weighted by Crippen LogP contribution is 2.45. The van der Waals surface area contributed by atoms with E-state index in [1.54, 1.807) is 0 Å². The van der Waals surface area contributed by atoms with Crippen molar-refractivity contribution in [1.82, 2.24) is 23.9 Å². The molecule has 0 atom stereocenters. The molecular formula is C36H21N5. The van der Waals surface area contributed by atoms with E-state index in [9.17, 15) is 0 Å². The fraction of sp³-hybridized carbons (Fsp3) is 0.0278. The molecule has 5 heterocycles. The predicted octanol–water partition coefficient (Wildman–Crippen LogP) is 8.25. The topological polar surface area (TPSA) is 48.0 Å². The number of aromatic nitrogens is 5. The molecule has 0 bridgehead atoms. The maximum Gasteiger partial charge on any atom is 0.178 e. The quantitative estimate of drug-likeness (QED) is 0.204. The van der Waals surface area contributed by atoms with Gasteiger partial charge in [0.2, 0.25) is 0 Å². The minimum Gasteiger partial charge on any atom is -0.309 e. The first kappa shape index (κ1) is 21.3. The second-order valence-corrected chi connectivity index (χ2v) is 10.9. The van der Waals surface area contributed by atoms with Crippen LogP contribution in [0.2, 0.25) is 0 Å². The summed E-state index contributed by atoms with van der Waals surface area (Å²) in [4.78, 5) is 14.2. The van der Waals surface area contributed by atoms with E-state index in [1.165, 1.54) is 49.4 Å². The summed E-state index contributed by atoms with van der Waals surface area (Å²) < 4.78 is 4.63. The zero-order chi connectivity index (χ0) is 26.7. The Hall–Kier alpha value is -5.55. The number of benzene rings is 4. The van der Waals surface area contributed by atoms with E-state index in [2.05, 4.69) is 110 Å². The largest absolute Gasteiger partial charge is 0.309 e. The van der Waals surface area contributed by atoms with Crippen molar-refractivity contribution in [2.24, 2.45) is 0 Å². The highest BCUT2D eigenvalue weighted by atomic mass is 15.1. The monoisotopic (exact) mass is 523 g/mol. The van der Waals surface area contributed by atoms with Gasteiger partial charge in [0.15, 0.2) is 5.65 Å². The molecule has 0 amide bonds. The van der Waals surface area contributed by atoms with Gasteiger partial charge in [-0.15, -0.1) is 0 Å². The average Bonchev–Trinajstić information content (AvgIpc) is 3.69. The van der Waals surface area contributed by atoms with Crippen LogP contribution in [0.5, 0.6) is 0 Å². The minimum absolute atomic E-state index is 0.743. The Labute approximate surface area is 234 Å². The lowest BCUT2D eigenvalue weighted by molar-refractivity contribution is 1.18. The fourth-order valence-corrected chi connectivity index (χ4v) is 7.17. The molecule has 10 rings (SSSR count). The Morgan fingerprint density at radius 1 is 0.585 bits per heavy atom. The van der Waals surface area contributed by atoms with Gasteiger partial charge >= 0.3 is 0 Å². The molecule has 1 aliphatic carbocycles. The molecule has 0 spiro atoms. The first-order chi connectivity index (χ1) is 20.3. The summed E-state index contributed by atoms with van der Waals surface area (Å²) in [6, 6.07) is 35.1. The van der Waals surface area contributed by atoms with Crippen molar-refractivity contribution >= 4 is 60.3 Å². The maximum absolute atomic E-state index is 5.05. The second kappa shape index (κ2) is 7.55. The number of nitrogens with zero attached hydrogens (tertiary/aromatic N) is 5. The summed E-state index contributed by atoms with van der Waals surface area (Å²) in [5, 5.41) is 5.99. The summed E-state index contributed by atoms with van der Waals surface area (Å²) in [5.41, 5.74) is 12.7. The third-order valence-electron chi connectivity index (χ3n) is 8.84. The van der Waals surface area contributed by atoms with E-state index >= 15 is 0 Å². The maximum atomic E-state index is 5.05. The molecule has 0 unspecified atom stereocenters. The SMILES string of the molecule is c1ccc(-n2c3cc4c(cc3c3c5c6ccncc6n6c7cccnc7nc6c5ccc32)Cc2ccccc2-4)cc1. The number of para-hydroxylation sites is 1. The second-order valence-electron chi connectivity index (χ2n) is 10.9. The van der Waals surface area contributed by atoms with Crippen LogP contribution in [0, 0.1) is 0 Å². The number of rotatable bonds is 1. The standard InChI is InChI=1S/C36H21N5/c1-2-8-23(9-3-1)40-29-13-12-26-33(25-14-16-37-20-32(25)41-30-11-6-15-38-35(30)39-36(26)41)34(29)28-18-22-17-21-7-4-5-10-24(21)27(22)19-31(28)40/h1-16,18-20H,17H2. The van der Waals surface area contributed by atoms with E-state index in [-0.39, 0.29) is 0 Å². The normalized spacial score (nSPS) is 12.8. The van der Waals surface area contributed by atoms with Gasteiger partial charge < -0.3 is 4.57 Å². The zero-order valence-electron chi connectivity index (χ0n) is 21.9. The smallest absolute Gasteiger partial charge is 0.178 e. The van der Waals surface area contributed by atoms with E-state index in [0.29, 0.717) is 0 Å². The third kappa shape index (κ3) is 2.68.